The monoisotopic (exact) mass is 896 g/mol. The maximum Gasteiger partial charge on any atom is 0.424 e. The third-order valence-corrected chi connectivity index (χ3v) is 6.54. The van der Waals surface area contributed by atoms with E-state index in [0.717, 1.165) is 6.07 Å². The number of alkyl halides is 6. The van der Waals surface area contributed by atoms with Crippen LogP contribution in [0, 0.1) is 11.6 Å². The summed E-state index contributed by atoms with van der Waals surface area (Å²) in [6.07, 6.45) is -5.19. The Morgan fingerprint density at radius 2 is 0.980 bits per heavy atom. The summed E-state index contributed by atoms with van der Waals surface area (Å²) < 4.78 is 102. The number of azo groups is 2. The van der Waals surface area contributed by atoms with E-state index < -0.39 is 47.0 Å². The molecule has 0 N–H and O–H groups in total. The Labute approximate surface area is 294 Å². The number of carboxylic acid groups (broad SMARTS) is 2. The van der Waals surface area contributed by atoms with E-state index >= 15 is 0 Å². The van der Waals surface area contributed by atoms with Crippen molar-refractivity contribution < 1.29 is 75.0 Å². The zero-order valence-corrected chi connectivity index (χ0v) is 27.3. The molecule has 2 aliphatic rings. The number of nitrogens with zero attached hydrogens (tertiary/aromatic N) is 7. The summed E-state index contributed by atoms with van der Waals surface area (Å²) in [4.78, 5) is 32.9. The largest absolute Gasteiger partial charge is 0.547 e. The average molecular weight is 896 g/mol. The van der Waals surface area contributed by atoms with Crippen molar-refractivity contribution in [3.8, 4) is 11.3 Å². The van der Waals surface area contributed by atoms with Gasteiger partial charge >= 0.3 is 12.4 Å². The Kier molecular flexibility index (Phi) is 12.4. The first kappa shape index (κ1) is 39.8. The van der Waals surface area contributed by atoms with E-state index in [9.17, 15) is 54.9 Å². The van der Waals surface area contributed by atoms with Gasteiger partial charge in [-0.3, -0.25) is 15.0 Å². The normalized spacial score (nSPS) is 19.0. The quantitative estimate of drug-likeness (QED) is 0.257. The van der Waals surface area contributed by atoms with E-state index in [2.05, 4.69) is 35.4 Å². The van der Waals surface area contributed by atoms with Gasteiger partial charge in [0, 0.05) is 50.3 Å². The second-order valence-electron chi connectivity index (χ2n) is 9.83. The van der Waals surface area contributed by atoms with E-state index in [1.54, 1.807) is 36.5 Å². The SMILES string of the molecule is Fc1ccc(-c2ccccn2)c(F)c1.O=C([O-])C1(C(F)(F)F)C=C(c2ccccn2)N=N1.O=C([O-])C1(C(F)(F)F)C=C(c2ccccn2)N=N1.[Ir]. The van der Waals surface area contributed by atoms with Crippen molar-refractivity contribution >= 4 is 23.3 Å². The molecule has 11 nitrogen and oxygen atoms in total. The van der Waals surface area contributed by atoms with Crippen molar-refractivity contribution in [3.05, 3.63) is 127 Å². The molecule has 0 bridgehead atoms. The van der Waals surface area contributed by atoms with Crippen molar-refractivity contribution in [1.82, 2.24) is 15.0 Å². The first-order valence-electron chi connectivity index (χ1n) is 13.6. The molecule has 0 amide bonds. The molecule has 3 aromatic heterocycles. The summed E-state index contributed by atoms with van der Waals surface area (Å²) in [5, 5.41) is 33.5. The summed E-state index contributed by atoms with van der Waals surface area (Å²) in [7, 11) is 0. The van der Waals surface area contributed by atoms with E-state index in [0.29, 0.717) is 23.4 Å². The van der Waals surface area contributed by atoms with E-state index in [-0.39, 0.29) is 42.9 Å². The predicted octanol–water partition coefficient (Wildman–Crippen LogP) is 4.90. The molecule has 2 aliphatic heterocycles. The van der Waals surface area contributed by atoms with E-state index in [1.165, 1.54) is 48.8 Å². The number of aromatic nitrogens is 3. The Hall–Kier alpha value is -5.62. The third-order valence-electron chi connectivity index (χ3n) is 6.54. The van der Waals surface area contributed by atoms with Crippen molar-refractivity contribution in [1.29, 1.82) is 0 Å². The number of aliphatic carboxylic acids is 2. The number of halogens is 8. The molecule has 2 atom stereocenters. The van der Waals surface area contributed by atoms with Crippen molar-refractivity contribution in [2.45, 2.75) is 23.4 Å². The first-order valence-corrected chi connectivity index (χ1v) is 13.6. The molecule has 0 fully saturated rings. The maximum atomic E-state index is 13.3. The van der Waals surface area contributed by atoms with Gasteiger partial charge in [-0.15, -0.1) is 0 Å². The van der Waals surface area contributed by atoms with Crippen molar-refractivity contribution in [3.63, 3.8) is 0 Å². The molecule has 267 valence electrons. The Balaban J connectivity index is 0.000000206. The number of pyridine rings is 3. The average Bonchev–Trinajstić information content (AvgIpc) is 3.75. The van der Waals surface area contributed by atoms with Gasteiger partial charge in [-0.1, -0.05) is 18.2 Å². The number of hydrogen-bond acceptors (Lipinski definition) is 11. The summed E-state index contributed by atoms with van der Waals surface area (Å²) in [5.74, 6) is -5.92. The van der Waals surface area contributed by atoms with Gasteiger partial charge in [-0.05, 0) is 60.7 Å². The van der Waals surface area contributed by atoms with Crippen LogP contribution in [-0.4, -0.2) is 50.3 Å². The molecule has 1 radical (unpaired) electrons. The van der Waals surface area contributed by atoms with Crippen LogP contribution in [0.25, 0.3) is 22.7 Å². The van der Waals surface area contributed by atoms with Crippen LogP contribution in [0.3, 0.4) is 0 Å². The Morgan fingerprint density at radius 3 is 1.27 bits per heavy atom. The number of rotatable bonds is 5. The molecule has 5 heterocycles. The van der Waals surface area contributed by atoms with Gasteiger partial charge in [0.2, 0.25) is 11.1 Å². The van der Waals surface area contributed by atoms with Crippen molar-refractivity contribution in [2.75, 3.05) is 0 Å². The van der Waals surface area contributed by atoms with Crippen LogP contribution in [0.4, 0.5) is 35.1 Å². The minimum absolute atomic E-state index is 0. The summed E-state index contributed by atoms with van der Waals surface area (Å²) in [6.45, 7) is 0. The zero-order chi connectivity index (χ0) is 36.7. The fourth-order valence-corrected chi connectivity index (χ4v) is 3.98. The fourth-order valence-electron chi connectivity index (χ4n) is 3.98. The number of benzene rings is 1. The number of hydrogen-bond donors (Lipinski definition) is 0. The number of carbonyl (C=O) groups excluding carboxylic acids is 2. The molecular weight excluding hydrogens is 879 g/mol. The first-order chi connectivity index (χ1) is 23.5. The second-order valence-corrected chi connectivity index (χ2v) is 9.83. The van der Waals surface area contributed by atoms with Crippen LogP contribution in [0.15, 0.2) is 124 Å². The summed E-state index contributed by atoms with van der Waals surface area (Å²) in [5.41, 5.74) is -6.34. The van der Waals surface area contributed by atoms with Crippen LogP contribution in [0.2, 0.25) is 0 Å². The zero-order valence-electron chi connectivity index (χ0n) is 24.9. The standard InChI is InChI=1S/C11H7F2N.2C10H6F3N3O2.Ir/c12-8-4-5-9(10(13)7-8)11-3-1-2-6-14-11;2*11-10(12,13)9(8(17)18)5-7(15-16-9)6-3-1-2-4-14-6;/h1-7H;2*1-5H,(H,17,18);/p-2. The van der Waals surface area contributed by atoms with E-state index in [1.807, 2.05) is 0 Å². The Bertz CT molecular complexity index is 1880. The summed E-state index contributed by atoms with van der Waals surface area (Å²) >= 11 is 0. The molecule has 20 heteroatoms. The van der Waals surface area contributed by atoms with Crippen LogP contribution in [0.1, 0.15) is 11.4 Å². The van der Waals surface area contributed by atoms with Crippen LogP contribution >= 0.6 is 0 Å². The van der Waals surface area contributed by atoms with Gasteiger partial charge in [0.05, 0.1) is 29.0 Å². The van der Waals surface area contributed by atoms with Gasteiger partial charge in [0.25, 0.3) is 0 Å². The molecule has 0 saturated heterocycles. The molecular formula is C31H17F8IrN7O4-2. The van der Waals surface area contributed by atoms with Gasteiger partial charge in [0.1, 0.15) is 23.0 Å². The molecule has 2 unspecified atom stereocenters. The third kappa shape index (κ3) is 8.76. The molecule has 1 aromatic carbocycles. The van der Waals surface area contributed by atoms with Crippen LogP contribution in [0.5, 0.6) is 0 Å². The molecule has 4 aromatic rings. The van der Waals surface area contributed by atoms with Crippen molar-refractivity contribution in [2.24, 2.45) is 20.5 Å². The minimum Gasteiger partial charge on any atom is -0.547 e. The van der Waals surface area contributed by atoms with E-state index in [4.69, 9.17) is 0 Å². The van der Waals surface area contributed by atoms with Gasteiger partial charge in [0.15, 0.2) is 0 Å². The summed E-state index contributed by atoms with van der Waals surface area (Å²) in [6, 6.07) is 17.6. The fraction of sp³-hybridized carbons (Fsp3) is 0.129. The molecule has 6 rings (SSSR count). The predicted molar refractivity (Wildman–Crippen MR) is 151 cm³/mol. The van der Waals surface area contributed by atoms with Gasteiger partial charge < -0.3 is 19.8 Å². The maximum absolute atomic E-state index is 13.3. The van der Waals surface area contributed by atoms with Crippen LogP contribution in [-0.2, 0) is 29.7 Å². The number of carbonyl (C=O) groups is 2. The molecule has 51 heavy (non-hydrogen) atoms. The molecule has 0 spiro atoms. The molecule has 0 aliphatic carbocycles. The molecule has 0 saturated carbocycles. The smallest absolute Gasteiger partial charge is 0.424 e. The van der Waals surface area contributed by atoms with Gasteiger partial charge in [-0.2, -0.15) is 46.8 Å². The topological polar surface area (TPSA) is 168 Å². The second kappa shape index (κ2) is 15.9. The van der Waals surface area contributed by atoms with Gasteiger partial charge in [-0.25, -0.2) is 8.78 Å². The minimum atomic E-state index is -5.12. The Morgan fingerprint density at radius 1 is 0.588 bits per heavy atom. The van der Waals surface area contributed by atoms with Crippen LogP contribution < -0.4 is 10.2 Å². The number of carboxylic acids is 2.